The molecule has 1 heterocycles. The van der Waals surface area contributed by atoms with Gasteiger partial charge < -0.3 is 20.6 Å². The van der Waals surface area contributed by atoms with Crippen molar-refractivity contribution < 1.29 is 15.3 Å². The second-order valence-corrected chi connectivity index (χ2v) is 12.9. The summed E-state index contributed by atoms with van der Waals surface area (Å²) in [5, 5.41) is 37.2. The predicted molar refractivity (Wildman–Crippen MR) is 123 cm³/mol. The number of allylic oxidation sites excluding steroid dienone is 1. The largest absolute Gasteiger partial charge is 0.393 e. The first-order valence-electron chi connectivity index (χ1n) is 13.1. The number of hydrogen-bond donors (Lipinski definition) is 4. The maximum absolute atomic E-state index is 11.9. The fraction of sp³-hybridized carbons (Fsp3) is 0.926. The topological polar surface area (TPSA) is 72.7 Å². The normalized spacial score (nSPS) is 54.2. The van der Waals surface area contributed by atoms with Gasteiger partial charge in [0.15, 0.2) is 0 Å². The second kappa shape index (κ2) is 7.55. The lowest BCUT2D eigenvalue weighted by molar-refractivity contribution is -0.137. The van der Waals surface area contributed by atoms with Crippen molar-refractivity contribution >= 4 is 0 Å². The van der Waals surface area contributed by atoms with Crippen LogP contribution in [-0.2, 0) is 0 Å². The summed E-state index contributed by atoms with van der Waals surface area (Å²) in [5.74, 6) is 2.32. The Hall–Kier alpha value is -0.420. The molecule has 176 valence electrons. The van der Waals surface area contributed by atoms with Gasteiger partial charge in [0.25, 0.3) is 0 Å². The summed E-state index contributed by atoms with van der Waals surface area (Å²) in [4.78, 5) is 0. The van der Waals surface area contributed by atoms with Crippen LogP contribution in [0.5, 0.6) is 0 Å². The number of nitrogens with one attached hydrogen (secondary N) is 1. The van der Waals surface area contributed by atoms with E-state index in [9.17, 15) is 15.3 Å². The molecule has 5 aliphatic rings. The molecule has 0 aromatic heterocycles. The summed E-state index contributed by atoms with van der Waals surface area (Å²) in [5.41, 5.74) is 0.823. The van der Waals surface area contributed by atoms with Crippen molar-refractivity contribution in [1.82, 2.24) is 5.32 Å². The number of aliphatic hydroxyl groups excluding tert-OH is 2. The Morgan fingerprint density at radius 3 is 2.55 bits per heavy atom. The van der Waals surface area contributed by atoms with Crippen LogP contribution >= 0.6 is 0 Å². The second-order valence-electron chi connectivity index (χ2n) is 12.9. The van der Waals surface area contributed by atoms with Crippen LogP contribution in [0, 0.1) is 40.4 Å². The van der Waals surface area contributed by atoms with Crippen molar-refractivity contribution in [3.63, 3.8) is 0 Å². The van der Waals surface area contributed by atoms with E-state index >= 15 is 0 Å². The first-order chi connectivity index (χ1) is 14.6. The standard InChI is InChI=1S/C27H45NO3/c1-16-5-8-23(28-15-16)27(4,31)24-22(30)14-21-19-7-6-17-13-18(29)9-11-25(17,2)20(19)10-12-26(21,24)3/h6,16,18-24,28-31H,5,7-15H2,1-4H3/t16-,18-,19+,20-,21-,22-,23?,24-,25-,26-,27-/m0/s1. The molecule has 31 heavy (non-hydrogen) atoms. The van der Waals surface area contributed by atoms with Crippen molar-refractivity contribution in [2.45, 2.75) is 109 Å². The van der Waals surface area contributed by atoms with Gasteiger partial charge in [-0.05, 0) is 106 Å². The van der Waals surface area contributed by atoms with E-state index in [0.717, 1.165) is 57.9 Å². The Balaban J connectivity index is 1.43. The van der Waals surface area contributed by atoms with Gasteiger partial charge in [-0.15, -0.1) is 0 Å². The molecule has 5 rings (SSSR count). The van der Waals surface area contributed by atoms with Crippen molar-refractivity contribution in [1.29, 1.82) is 0 Å². The van der Waals surface area contributed by atoms with Crippen LogP contribution in [0.4, 0.5) is 0 Å². The third-order valence-electron chi connectivity index (χ3n) is 11.1. The number of fused-ring (bicyclic) bond motifs is 5. The molecule has 4 nitrogen and oxygen atoms in total. The van der Waals surface area contributed by atoms with Crippen molar-refractivity contribution in [2.75, 3.05) is 6.54 Å². The quantitative estimate of drug-likeness (QED) is 0.498. The summed E-state index contributed by atoms with van der Waals surface area (Å²) < 4.78 is 0. The van der Waals surface area contributed by atoms with Gasteiger partial charge in [-0.2, -0.15) is 0 Å². The average Bonchev–Trinajstić information content (AvgIpc) is 2.99. The summed E-state index contributed by atoms with van der Waals surface area (Å²) >= 11 is 0. The highest BCUT2D eigenvalue weighted by Gasteiger charge is 2.65. The lowest BCUT2D eigenvalue weighted by atomic mass is 9.46. The van der Waals surface area contributed by atoms with E-state index in [1.165, 1.54) is 12.0 Å². The minimum Gasteiger partial charge on any atom is -0.393 e. The fourth-order valence-corrected chi connectivity index (χ4v) is 9.43. The van der Waals surface area contributed by atoms with E-state index in [0.29, 0.717) is 23.7 Å². The van der Waals surface area contributed by atoms with Crippen LogP contribution in [0.25, 0.3) is 0 Å². The smallest absolute Gasteiger partial charge is 0.0829 e. The Bertz CT molecular complexity index is 726. The highest BCUT2D eigenvalue weighted by Crippen LogP contribution is 2.67. The molecule has 4 N–H and O–H groups in total. The SMILES string of the molecule is C[C@H]1CCC([C@](C)(O)[C@H]2[C@@H](O)C[C@H]3[C@@H]4CC=C5C[C@@H](O)CC[C@]5(C)[C@H]4CC[C@@]32C)NC1. The Labute approximate surface area is 188 Å². The Morgan fingerprint density at radius 1 is 1.06 bits per heavy atom. The van der Waals surface area contributed by atoms with E-state index in [1.807, 2.05) is 6.92 Å². The minimum atomic E-state index is -0.885. The van der Waals surface area contributed by atoms with Crippen LogP contribution in [0.1, 0.15) is 85.5 Å². The lowest BCUT2D eigenvalue weighted by Crippen LogP contribution is -2.62. The van der Waals surface area contributed by atoms with Gasteiger partial charge in [-0.1, -0.05) is 32.4 Å². The summed E-state index contributed by atoms with van der Waals surface area (Å²) in [6.45, 7) is 10.1. The third kappa shape index (κ3) is 3.30. The number of piperidine rings is 1. The molecule has 4 heteroatoms. The van der Waals surface area contributed by atoms with E-state index in [4.69, 9.17) is 0 Å². The van der Waals surface area contributed by atoms with Crippen molar-refractivity contribution in [2.24, 2.45) is 40.4 Å². The van der Waals surface area contributed by atoms with Crippen molar-refractivity contribution in [3.8, 4) is 0 Å². The maximum Gasteiger partial charge on any atom is 0.0829 e. The van der Waals surface area contributed by atoms with Gasteiger partial charge in [0.1, 0.15) is 0 Å². The number of rotatable bonds is 2. The molecule has 3 saturated carbocycles. The van der Waals surface area contributed by atoms with Crippen molar-refractivity contribution in [3.05, 3.63) is 11.6 Å². The van der Waals surface area contributed by atoms with Crippen LogP contribution in [0.3, 0.4) is 0 Å². The highest BCUT2D eigenvalue weighted by atomic mass is 16.3. The Morgan fingerprint density at radius 2 is 1.84 bits per heavy atom. The zero-order valence-electron chi connectivity index (χ0n) is 20.1. The molecular formula is C27H45NO3. The molecule has 1 aliphatic heterocycles. The van der Waals surface area contributed by atoms with Crippen LogP contribution in [0.2, 0.25) is 0 Å². The summed E-state index contributed by atoms with van der Waals surface area (Å²) in [6.07, 6.45) is 11.1. The number of hydrogen-bond acceptors (Lipinski definition) is 4. The van der Waals surface area contributed by atoms with Gasteiger partial charge >= 0.3 is 0 Å². The highest BCUT2D eigenvalue weighted by molar-refractivity contribution is 5.26. The van der Waals surface area contributed by atoms with E-state index in [-0.39, 0.29) is 28.9 Å². The monoisotopic (exact) mass is 431 g/mol. The summed E-state index contributed by atoms with van der Waals surface area (Å²) in [7, 11) is 0. The maximum atomic E-state index is 11.9. The van der Waals surface area contributed by atoms with Crippen LogP contribution in [0.15, 0.2) is 11.6 Å². The van der Waals surface area contributed by atoms with E-state index in [2.05, 4.69) is 32.2 Å². The number of aliphatic hydroxyl groups is 3. The van der Waals surface area contributed by atoms with Gasteiger partial charge in [0.05, 0.1) is 17.8 Å². The molecule has 0 amide bonds. The van der Waals surface area contributed by atoms with E-state index < -0.39 is 11.7 Å². The zero-order chi connectivity index (χ0) is 22.2. The molecule has 4 aliphatic carbocycles. The molecule has 0 aromatic carbocycles. The molecule has 11 atom stereocenters. The van der Waals surface area contributed by atoms with Gasteiger partial charge in [-0.3, -0.25) is 0 Å². The molecule has 0 radical (unpaired) electrons. The fourth-order valence-electron chi connectivity index (χ4n) is 9.43. The van der Waals surface area contributed by atoms with Crippen LogP contribution in [-0.4, -0.2) is 45.7 Å². The third-order valence-corrected chi connectivity index (χ3v) is 11.1. The first kappa shape index (κ1) is 22.4. The molecule has 4 fully saturated rings. The van der Waals surface area contributed by atoms with Gasteiger partial charge in [-0.25, -0.2) is 0 Å². The van der Waals surface area contributed by atoms with Gasteiger partial charge in [0.2, 0.25) is 0 Å². The molecular weight excluding hydrogens is 386 g/mol. The van der Waals surface area contributed by atoms with Gasteiger partial charge in [0, 0.05) is 12.0 Å². The summed E-state index contributed by atoms with van der Waals surface area (Å²) in [6, 6.07) is 0.0758. The first-order valence-corrected chi connectivity index (χ1v) is 13.1. The molecule has 1 saturated heterocycles. The average molecular weight is 432 g/mol. The molecule has 1 unspecified atom stereocenters. The van der Waals surface area contributed by atoms with E-state index in [1.54, 1.807) is 0 Å². The van der Waals surface area contributed by atoms with Crippen LogP contribution < -0.4 is 5.32 Å². The Kier molecular flexibility index (Phi) is 5.45. The zero-order valence-corrected chi connectivity index (χ0v) is 20.1. The molecule has 0 spiro atoms. The predicted octanol–water partition coefficient (Wildman–Crippen LogP) is 4.04. The molecule has 0 aromatic rings. The lowest BCUT2D eigenvalue weighted by Gasteiger charge is -2.59. The minimum absolute atomic E-state index is 0.00922. The molecule has 0 bridgehead atoms.